The Morgan fingerprint density at radius 3 is 1.10 bits per heavy atom. The van der Waals surface area contributed by atoms with Crippen LogP contribution in [0.5, 0.6) is 34.5 Å². The quantitative estimate of drug-likeness (QED) is 0.0434. The SMILES string of the molecule is Cc1ccc(-n2cc(C(C)Oc3cc[n+](O)c4ccccc34)nn2)cc1.Cc1ccc(-n2cc(C(C)Oc3cccc4c3CCCC4)nn2)cc1.Cc1ccc(-n2cc(C(C)Oc3cccc4cnccc34)nn2)cc1.Cc1ccc(-n2cc(C(C)Oc3cccc4cnccc34)nn2)cc1.Cc1ccc(-n2cc(COc3ccnc4ccccc34)nn2)cc1.Cc1ccc(-n2cc(COc3ccnc4ccccc34)nn2)cc1Cl. The van der Waals surface area contributed by atoms with Gasteiger partial charge in [0.1, 0.15) is 106 Å². The third kappa shape index (κ3) is 24.8. The van der Waals surface area contributed by atoms with E-state index in [1.54, 1.807) is 65.1 Å². The summed E-state index contributed by atoms with van der Waals surface area (Å²) < 4.78 is 48.1. The first-order valence-corrected chi connectivity index (χ1v) is 49.7. The number of pyridine rings is 5. The lowest BCUT2D eigenvalue weighted by molar-refractivity contribution is -0.884. The minimum atomic E-state index is -0.285. The second-order valence-corrected chi connectivity index (χ2v) is 36.8. The number of halogens is 1. The number of hydrogen-bond acceptors (Lipinski definition) is 23. The average molecular weight is 2010 g/mol. The maximum atomic E-state index is 9.93. The lowest BCUT2D eigenvalue weighted by Gasteiger charge is -2.21. The van der Waals surface area contributed by atoms with Gasteiger partial charge in [-0.2, -0.15) is 0 Å². The molecule has 11 heterocycles. The fraction of sp³-hybridized carbons (Fsp3) is 0.168. The van der Waals surface area contributed by atoms with Crippen LogP contribution in [0.4, 0.5) is 0 Å². The molecule has 1 aliphatic carbocycles. The highest BCUT2D eigenvalue weighted by Crippen LogP contribution is 2.37. The first-order chi connectivity index (χ1) is 73.2. The molecular weight excluding hydrogens is 1900 g/mol. The number of fused-ring (bicyclic) bond motifs is 6. The minimum absolute atomic E-state index is 0.132. The molecule has 24 rings (SSSR count). The van der Waals surface area contributed by atoms with Crippen LogP contribution in [0.15, 0.2) is 378 Å². The molecule has 12 aromatic carbocycles. The molecule has 1 N–H and O–H groups in total. The Bertz CT molecular complexity index is 8320. The van der Waals surface area contributed by atoms with Gasteiger partial charge in [-0.05, 0) is 257 Å². The molecule has 0 bridgehead atoms. The van der Waals surface area contributed by atoms with Crippen molar-refractivity contribution < 1.29 is 38.4 Å². The number of hydrogen-bond donors (Lipinski definition) is 1. The van der Waals surface area contributed by atoms with Gasteiger partial charge in [0, 0.05) is 91.4 Å². The van der Waals surface area contributed by atoms with Gasteiger partial charge in [-0.25, -0.2) is 28.1 Å². The number of ether oxygens (including phenoxy) is 6. The molecule has 4 atom stereocenters. The number of rotatable bonds is 24. The van der Waals surface area contributed by atoms with E-state index in [1.165, 1.54) is 51.8 Å². The molecule has 0 saturated carbocycles. The molecule has 11 aromatic heterocycles. The van der Waals surface area contributed by atoms with Crippen LogP contribution in [-0.4, -0.2) is 115 Å². The van der Waals surface area contributed by atoms with E-state index in [0.717, 1.165) is 169 Å². The van der Waals surface area contributed by atoms with Crippen molar-refractivity contribution in [3.63, 3.8) is 0 Å². The van der Waals surface area contributed by atoms with Crippen LogP contribution in [0.3, 0.4) is 0 Å². The normalized spacial score (nSPS) is 12.2. The monoisotopic (exact) mass is 2010 g/mol. The van der Waals surface area contributed by atoms with Crippen molar-refractivity contribution >= 4 is 65.9 Å². The summed E-state index contributed by atoms with van der Waals surface area (Å²) in [7, 11) is 0. The van der Waals surface area contributed by atoms with E-state index < -0.39 is 0 Å². The summed E-state index contributed by atoms with van der Waals surface area (Å²) >= 11 is 6.18. The summed E-state index contributed by atoms with van der Waals surface area (Å²) in [6.45, 7) is 20.9. The fourth-order valence-corrected chi connectivity index (χ4v) is 17.0. The van der Waals surface area contributed by atoms with Gasteiger partial charge in [0.15, 0.2) is 0 Å². The molecule has 0 saturated heterocycles. The smallest absolute Gasteiger partial charge is 0.268 e. The zero-order valence-corrected chi connectivity index (χ0v) is 85.2. The van der Waals surface area contributed by atoms with Gasteiger partial charge in [-0.15, -0.1) is 30.6 Å². The van der Waals surface area contributed by atoms with E-state index >= 15 is 0 Å². The second kappa shape index (κ2) is 47.1. The zero-order valence-electron chi connectivity index (χ0n) is 84.4. The maximum absolute atomic E-state index is 9.93. The van der Waals surface area contributed by atoms with Crippen LogP contribution < -0.4 is 33.2 Å². The largest absolute Gasteiger partial charge is 0.486 e. The van der Waals surface area contributed by atoms with Crippen LogP contribution in [0.1, 0.15) is 144 Å². The molecule has 4 unspecified atom stereocenters. The molecule has 748 valence electrons. The molecule has 0 spiro atoms. The Hall–Kier alpha value is -18.6. The van der Waals surface area contributed by atoms with Crippen molar-refractivity contribution in [1.29, 1.82) is 0 Å². The maximum Gasteiger partial charge on any atom is 0.268 e. The third-order valence-electron chi connectivity index (χ3n) is 25.3. The molecule has 31 heteroatoms. The first kappa shape index (κ1) is 100. The minimum Gasteiger partial charge on any atom is -0.486 e. The van der Waals surface area contributed by atoms with Gasteiger partial charge >= 0.3 is 0 Å². The predicted octanol–water partition coefficient (Wildman–Crippen LogP) is 24.6. The van der Waals surface area contributed by atoms with E-state index in [9.17, 15) is 5.21 Å². The molecule has 0 radical (unpaired) electrons. The summed E-state index contributed by atoms with van der Waals surface area (Å²) in [6, 6.07) is 97.6. The number of nitrogens with zero attached hydrogens (tertiary/aromatic N) is 23. The van der Waals surface area contributed by atoms with Gasteiger partial charge < -0.3 is 28.4 Å². The van der Waals surface area contributed by atoms with Crippen molar-refractivity contribution in [2.24, 2.45) is 0 Å². The molecule has 1 aliphatic rings. The highest BCUT2D eigenvalue weighted by molar-refractivity contribution is 6.31. The van der Waals surface area contributed by atoms with Gasteiger partial charge in [0.05, 0.1) is 87.7 Å². The Morgan fingerprint density at radius 2 is 0.673 bits per heavy atom. The van der Waals surface area contributed by atoms with Gasteiger partial charge in [0.2, 0.25) is 6.20 Å². The van der Waals surface area contributed by atoms with Crippen molar-refractivity contribution in [3.05, 3.63) is 462 Å². The van der Waals surface area contributed by atoms with Crippen LogP contribution in [0.2, 0.25) is 5.02 Å². The average Bonchev–Trinajstić information content (AvgIpc) is 1.18. The number of benzene rings is 12. The van der Waals surface area contributed by atoms with E-state index in [-0.39, 0.29) is 24.4 Å². The lowest BCUT2D eigenvalue weighted by Crippen LogP contribution is -2.30. The van der Waals surface area contributed by atoms with Gasteiger partial charge in [-0.1, -0.05) is 210 Å². The van der Waals surface area contributed by atoms with Gasteiger partial charge in [-0.3, -0.25) is 25.1 Å². The van der Waals surface area contributed by atoms with Crippen molar-refractivity contribution in [3.8, 4) is 68.6 Å². The fourth-order valence-electron chi connectivity index (χ4n) is 16.8. The Kier molecular flexibility index (Phi) is 31.4. The summed E-state index contributed by atoms with van der Waals surface area (Å²) in [5.41, 5.74) is 22.8. The van der Waals surface area contributed by atoms with E-state index in [1.807, 2.05) is 316 Å². The summed E-state index contributed by atoms with van der Waals surface area (Å²) in [5, 5.41) is 68.2. The second-order valence-electron chi connectivity index (χ2n) is 36.4. The molecule has 150 heavy (non-hydrogen) atoms. The summed E-state index contributed by atoms with van der Waals surface area (Å²) in [5.74, 6) is 4.89. The standard InChI is InChI=1S/C21H23N3O.C20H19N4O2.2C20H18N4O.C19H15ClN4O.C19H16N4O/c1-15-10-12-18(13-11-15)24-14-20(22-23-24)16(2)25-21-9-5-7-17-6-3-4-8-19(17)21;1-14-7-9-16(10-8-14)23-13-18(21-22-23)15(2)26-20-11-12-24(25)19-6-4-3-5-17(19)20;2*1-14-6-8-17(9-7-14)24-13-19(22-23-24)15(2)25-20-5-3-4-16-12-21-11-10-18(16)20;1-13-6-7-15(10-17(13)20)24-11-14(22-23-24)12-25-19-8-9-21-18-5-3-2-4-16(18)19;1-14-6-8-16(9-7-14)23-12-15(21-22-23)13-24-19-10-11-20-18-5-3-2-4-17(18)19/h5,7,9-14,16H,3-4,6,8H2,1-2H3;3-13,15,25H,1-2H3;2*3-13,15H,1-2H3;2-11H,12H2,1H3;2-12H,13H2,1H3/q;+1;;;;. The number of aromatic nitrogens is 23. The lowest BCUT2D eigenvalue weighted by atomic mass is 9.91. The van der Waals surface area contributed by atoms with Gasteiger partial charge in [0.25, 0.3) is 5.52 Å². The van der Waals surface area contributed by atoms with Crippen molar-refractivity contribution in [1.82, 2.24) is 110 Å². The summed E-state index contributed by atoms with van der Waals surface area (Å²) in [4.78, 5) is 17.0. The van der Waals surface area contributed by atoms with E-state index in [0.29, 0.717) is 29.5 Å². The van der Waals surface area contributed by atoms with Crippen LogP contribution in [-0.2, 0) is 26.1 Å². The first-order valence-electron chi connectivity index (χ1n) is 49.4. The molecule has 0 aliphatic heterocycles. The number of para-hydroxylation sites is 3. The summed E-state index contributed by atoms with van der Waals surface area (Å²) in [6.07, 6.45) is 27.6. The highest BCUT2D eigenvalue weighted by Gasteiger charge is 2.24. The zero-order chi connectivity index (χ0) is 103. The van der Waals surface area contributed by atoms with Crippen LogP contribution in [0.25, 0.3) is 88.4 Å². The molecule has 0 fully saturated rings. The highest BCUT2D eigenvalue weighted by atomic mass is 35.5. The Balaban J connectivity index is 0.000000113. The molecule has 30 nitrogen and oxygen atoms in total. The Labute approximate surface area is 871 Å². The topological polar surface area (TPSA) is 315 Å². The third-order valence-corrected chi connectivity index (χ3v) is 25.7. The van der Waals surface area contributed by atoms with Crippen LogP contribution >= 0.6 is 11.6 Å². The van der Waals surface area contributed by atoms with Crippen LogP contribution in [0, 0.1) is 41.5 Å². The number of aryl methyl sites for hydroxylation is 7. The molecular formula is C119H109ClN23O7+. The molecule has 23 aromatic rings. The van der Waals surface area contributed by atoms with Crippen molar-refractivity contribution in [2.75, 3.05) is 0 Å². The predicted molar refractivity (Wildman–Crippen MR) is 578 cm³/mol. The van der Waals surface area contributed by atoms with E-state index in [4.69, 9.17) is 40.0 Å². The Morgan fingerprint density at radius 1 is 0.320 bits per heavy atom. The van der Waals surface area contributed by atoms with Crippen molar-refractivity contribution in [2.45, 2.75) is 133 Å². The van der Waals surface area contributed by atoms with E-state index in [2.05, 4.69) is 176 Å². The molecule has 0 amide bonds.